The van der Waals surface area contributed by atoms with Gasteiger partial charge in [-0.05, 0) is 172 Å². The van der Waals surface area contributed by atoms with Crippen molar-refractivity contribution in [2.24, 2.45) is 0 Å². The van der Waals surface area contributed by atoms with Crippen LogP contribution in [0.15, 0.2) is 255 Å². The van der Waals surface area contributed by atoms with Gasteiger partial charge in [-0.1, -0.05) is 324 Å². The predicted octanol–water partition coefficient (Wildman–Crippen LogP) is 35.1. The number of hydrogen-bond acceptors (Lipinski definition) is 0. The normalized spacial score (nSPS) is 10.1. The second kappa shape index (κ2) is 49.8. The maximum atomic E-state index is 2.43. The summed E-state index contributed by atoms with van der Waals surface area (Å²) in [6, 6.07) is 93.9. The third kappa shape index (κ3) is 19.4. The second-order valence-corrected chi connectivity index (χ2v) is 24.0. The number of para-hydroxylation sites is 6. The van der Waals surface area contributed by atoms with Gasteiger partial charge in [0.05, 0.1) is 0 Å². The first-order chi connectivity index (χ1) is 56.4. The fourth-order valence-corrected chi connectivity index (χ4v) is 15.4. The third-order valence-electron chi connectivity index (χ3n) is 19.5. The lowest BCUT2D eigenvalue weighted by molar-refractivity contribution is 0.827. The summed E-state index contributed by atoms with van der Waals surface area (Å²) >= 11 is 0. The van der Waals surface area contributed by atoms with Crippen LogP contribution in [0.4, 0.5) is 0 Å². The highest BCUT2D eigenvalue weighted by atomic mass is 15.0. The molecule has 0 atom stereocenters. The molecule has 0 amide bonds. The van der Waals surface area contributed by atoms with E-state index in [1.54, 1.807) is 0 Å². The Morgan fingerprint density at radius 3 is 0.447 bits per heavy atom. The molecule has 606 valence electrons. The lowest BCUT2D eigenvalue weighted by Gasteiger charge is -2.07. The van der Waals surface area contributed by atoms with Gasteiger partial charge in [-0.15, -0.1) is 0 Å². The van der Waals surface area contributed by atoms with Crippen molar-refractivity contribution in [3.05, 3.63) is 255 Å². The Morgan fingerprint density at radius 1 is 0.132 bits per heavy atom. The van der Waals surface area contributed by atoms with Crippen LogP contribution in [0.5, 0.6) is 0 Å². The van der Waals surface area contributed by atoms with E-state index in [-0.39, 0.29) is 0 Å². The van der Waals surface area contributed by atoms with Crippen LogP contribution >= 0.6 is 0 Å². The van der Waals surface area contributed by atoms with E-state index in [2.05, 4.69) is 324 Å². The lowest BCUT2D eigenvalue weighted by Crippen LogP contribution is -1.93. The summed E-state index contributed by atoms with van der Waals surface area (Å²) in [7, 11) is 0. The SMILES string of the molecule is CC.CC.CC.CC.CC.CC.CC.CC.CC.CC.CC.CC.CCn1c2ccccc2c2cc(-c3ccc4c(c3)c3ccccc3n4CC)ccc21.CCn1c2ccccc2c2cc(-c3ccc4c5ccccc5n(CC)c4c3)ccc21.CCn1c2ccccc2c2cc(-c3ccc4c5ccccc5n(CC)c4c3)ccc21. The van der Waals surface area contributed by atoms with E-state index in [0.717, 1.165) is 39.3 Å². The van der Waals surface area contributed by atoms with E-state index in [9.17, 15) is 0 Å². The van der Waals surface area contributed by atoms with Crippen LogP contribution in [0.2, 0.25) is 0 Å². The maximum Gasteiger partial charge on any atom is 0.0497 e. The summed E-state index contributed by atoms with van der Waals surface area (Å²) in [6.45, 7) is 67.2. The molecule has 6 heterocycles. The van der Waals surface area contributed by atoms with Crippen LogP contribution in [0.3, 0.4) is 0 Å². The Balaban J connectivity index is 0.000000318. The van der Waals surface area contributed by atoms with Crippen molar-refractivity contribution in [2.75, 3.05) is 0 Å². The molecule has 6 nitrogen and oxygen atoms in total. The van der Waals surface area contributed by atoms with Crippen LogP contribution in [0, 0.1) is 0 Å². The Hall–Kier alpha value is -10.6. The predicted molar refractivity (Wildman–Crippen MR) is 524 cm³/mol. The molecule has 0 saturated carbocycles. The summed E-state index contributed by atoms with van der Waals surface area (Å²) in [5.74, 6) is 0. The minimum absolute atomic E-state index is 0.969. The molecule has 0 spiro atoms. The van der Waals surface area contributed by atoms with Gasteiger partial charge in [-0.3, -0.25) is 0 Å². The zero-order valence-corrected chi connectivity index (χ0v) is 76.2. The van der Waals surface area contributed by atoms with Crippen LogP contribution < -0.4 is 0 Å². The van der Waals surface area contributed by atoms with Crippen LogP contribution in [0.25, 0.3) is 164 Å². The molecule has 0 unspecified atom stereocenters. The summed E-state index contributed by atoms with van der Waals surface area (Å²) in [4.78, 5) is 0. The highest BCUT2D eigenvalue weighted by Crippen LogP contribution is 2.41. The average Bonchev–Trinajstić information content (AvgIpc) is 1.66. The quantitative estimate of drug-likeness (QED) is 0.138. The molecule has 18 rings (SSSR count). The highest BCUT2D eigenvalue weighted by Gasteiger charge is 2.18. The molecule has 0 aliphatic heterocycles. The summed E-state index contributed by atoms with van der Waals surface area (Å²) in [5.41, 5.74) is 23.4. The van der Waals surface area contributed by atoms with E-state index >= 15 is 0 Å². The van der Waals surface area contributed by atoms with E-state index in [1.807, 2.05) is 166 Å². The number of benzene rings is 12. The minimum atomic E-state index is 0.969. The lowest BCUT2D eigenvalue weighted by atomic mass is 10.0. The van der Waals surface area contributed by atoms with Gasteiger partial charge in [0.1, 0.15) is 0 Å². The Labute approximate surface area is 689 Å². The number of hydrogen-bond donors (Lipinski definition) is 0. The fraction of sp³-hybridized carbons (Fsp3) is 0.333. The number of aromatic nitrogens is 6. The van der Waals surface area contributed by atoms with Gasteiger partial charge in [-0.25, -0.2) is 0 Å². The molecule has 0 saturated heterocycles. The molecular weight excluding hydrogens is 1380 g/mol. The van der Waals surface area contributed by atoms with Crippen LogP contribution in [0.1, 0.15) is 208 Å². The van der Waals surface area contributed by atoms with Crippen molar-refractivity contribution < 1.29 is 0 Å². The molecule has 0 fully saturated rings. The molecule has 6 aromatic heterocycles. The van der Waals surface area contributed by atoms with Gasteiger partial charge in [0.25, 0.3) is 0 Å². The van der Waals surface area contributed by atoms with E-state index in [1.165, 1.54) is 164 Å². The Kier molecular flexibility index (Phi) is 41.9. The molecule has 18 aromatic rings. The van der Waals surface area contributed by atoms with E-state index < -0.39 is 0 Å². The average molecular weight is 1530 g/mol. The zero-order valence-electron chi connectivity index (χ0n) is 76.2. The number of nitrogens with zero attached hydrogens (tertiary/aromatic N) is 6. The van der Waals surface area contributed by atoms with Crippen molar-refractivity contribution in [3.63, 3.8) is 0 Å². The first-order valence-corrected chi connectivity index (χ1v) is 44.5. The van der Waals surface area contributed by atoms with Crippen LogP contribution in [-0.2, 0) is 39.3 Å². The molecule has 0 aliphatic carbocycles. The molecule has 0 N–H and O–H groups in total. The Bertz CT molecular complexity index is 5460. The molecule has 114 heavy (non-hydrogen) atoms. The molecule has 0 aliphatic rings. The molecule has 0 radical (unpaired) electrons. The molecule has 0 bridgehead atoms. The highest BCUT2D eigenvalue weighted by molar-refractivity contribution is 6.15. The summed E-state index contributed by atoms with van der Waals surface area (Å²) in [6.07, 6.45) is 0. The fourth-order valence-electron chi connectivity index (χ4n) is 15.4. The van der Waals surface area contributed by atoms with Gasteiger partial charge in [0, 0.05) is 170 Å². The van der Waals surface area contributed by atoms with Gasteiger partial charge in [0.15, 0.2) is 0 Å². The van der Waals surface area contributed by atoms with Crippen molar-refractivity contribution in [1.29, 1.82) is 0 Å². The maximum absolute atomic E-state index is 2.43. The zero-order chi connectivity index (χ0) is 84.7. The van der Waals surface area contributed by atoms with Crippen molar-refractivity contribution in [1.82, 2.24) is 27.4 Å². The van der Waals surface area contributed by atoms with Gasteiger partial charge in [0.2, 0.25) is 0 Å². The number of fused-ring (bicyclic) bond motifs is 18. The topological polar surface area (TPSA) is 29.6 Å². The van der Waals surface area contributed by atoms with E-state index in [4.69, 9.17) is 0 Å². The number of aryl methyl sites for hydroxylation is 6. The molecule has 6 heteroatoms. The monoisotopic (exact) mass is 1530 g/mol. The van der Waals surface area contributed by atoms with Crippen molar-refractivity contribution >= 4 is 131 Å². The first kappa shape index (κ1) is 95.8. The summed E-state index contributed by atoms with van der Waals surface area (Å²) < 4.78 is 14.5. The largest absolute Gasteiger partial charge is 0.341 e. The van der Waals surface area contributed by atoms with Gasteiger partial charge < -0.3 is 27.4 Å². The molecule has 12 aromatic carbocycles. The van der Waals surface area contributed by atoms with Gasteiger partial charge >= 0.3 is 0 Å². The Morgan fingerprint density at radius 2 is 0.263 bits per heavy atom. The van der Waals surface area contributed by atoms with E-state index in [0.29, 0.717) is 0 Å². The second-order valence-electron chi connectivity index (χ2n) is 24.0. The minimum Gasteiger partial charge on any atom is -0.341 e. The third-order valence-corrected chi connectivity index (χ3v) is 19.5. The van der Waals surface area contributed by atoms with Crippen molar-refractivity contribution in [2.45, 2.75) is 247 Å². The first-order valence-electron chi connectivity index (χ1n) is 44.5. The smallest absolute Gasteiger partial charge is 0.0497 e. The summed E-state index contributed by atoms with van der Waals surface area (Å²) in [5, 5.41) is 16.0. The van der Waals surface area contributed by atoms with Crippen LogP contribution in [-0.4, -0.2) is 27.4 Å². The van der Waals surface area contributed by atoms with Gasteiger partial charge in [-0.2, -0.15) is 0 Å². The van der Waals surface area contributed by atoms with Crippen molar-refractivity contribution in [3.8, 4) is 33.4 Å². The number of rotatable bonds is 9. The standard InChI is InChI=1S/3C28H24N2.12C2H6/c2*1-3-29-26-12-8-6-10-22(26)24-17-19(14-16-27(24)29)20-13-15-23-21-9-5-7-11-25(21)30(4-2)28(23)18-20;1-3-29-25-11-7-5-9-21(25)23-17-19(13-15-27(23)29)20-14-16-28-24(18-20)22-10-6-8-12-26(22)30(28)4-2;12*1-2/h3*5-18H,3-4H2,1-2H3;12*1-2H3. The molecular formula is C108H144N6.